The maximum atomic E-state index is 11.0. The first-order valence-corrected chi connectivity index (χ1v) is 8.08. The number of hydrogen-bond acceptors (Lipinski definition) is 2. The first-order valence-electron chi connectivity index (χ1n) is 6.36. The lowest BCUT2D eigenvalue weighted by Crippen LogP contribution is -2.27. The van der Waals surface area contributed by atoms with Crippen molar-refractivity contribution < 1.29 is 4.21 Å². The zero-order valence-corrected chi connectivity index (χ0v) is 11.3. The summed E-state index contributed by atoms with van der Waals surface area (Å²) in [5.41, 5.74) is 3.04. The third-order valence-electron chi connectivity index (χ3n) is 3.45. The predicted molar refractivity (Wildman–Crippen MR) is 73.9 cm³/mol. The normalized spacial score (nSPS) is 20.9. The molecule has 0 aliphatic heterocycles. The van der Waals surface area contributed by atoms with Crippen molar-refractivity contribution in [3.8, 4) is 0 Å². The molecule has 94 valence electrons. The van der Waals surface area contributed by atoms with Crippen molar-refractivity contribution in [1.82, 2.24) is 5.32 Å². The maximum Gasteiger partial charge on any atom is 0.0357 e. The average Bonchev–Trinajstić information content (AvgIpc) is 2.34. The Morgan fingerprint density at radius 1 is 1.41 bits per heavy atom. The lowest BCUT2D eigenvalue weighted by molar-refractivity contribution is 0.515. The molecule has 0 saturated carbocycles. The first-order chi connectivity index (χ1) is 8.27. The highest BCUT2D eigenvalue weighted by Crippen LogP contribution is 2.30. The molecular formula is C14H21NOS. The Kier molecular flexibility index (Phi) is 4.75. The third-order valence-corrected chi connectivity index (χ3v) is 4.23. The van der Waals surface area contributed by atoms with Crippen molar-refractivity contribution >= 4 is 10.8 Å². The maximum absolute atomic E-state index is 11.0. The van der Waals surface area contributed by atoms with Crippen LogP contribution < -0.4 is 5.32 Å². The molecule has 17 heavy (non-hydrogen) atoms. The lowest BCUT2D eigenvalue weighted by Gasteiger charge is -2.25. The summed E-state index contributed by atoms with van der Waals surface area (Å²) in [6, 6.07) is 8.79. The first kappa shape index (κ1) is 12.8. The second-order valence-corrected chi connectivity index (χ2v) is 6.32. The fraction of sp³-hybridized carbons (Fsp3) is 0.571. The van der Waals surface area contributed by atoms with Crippen molar-refractivity contribution in [1.29, 1.82) is 0 Å². The van der Waals surface area contributed by atoms with Crippen LogP contribution in [0.5, 0.6) is 0 Å². The van der Waals surface area contributed by atoms with E-state index < -0.39 is 10.8 Å². The Hall–Kier alpha value is -0.670. The fourth-order valence-corrected chi connectivity index (χ4v) is 2.99. The van der Waals surface area contributed by atoms with Crippen molar-refractivity contribution in [2.75, 3.05) is 25.1 Å². The van der Waals surface area contributed by atoms with E-state index in [9.17, 15) is 4.21 Å². The molecule has 2 atom stereocenters. The number of rotatable bonds is 5. The molecule has 1 N–H and O–H groups in total. The molecule has 0 bridgehead atoms. The second kappa shape index (κ2) is 6.31. The van der Waals surface area contributed by atoms with Crippen LogP contribution in [0, 0.1) is 0 Å². The number of hydrogen-bond donors (Lipinski definition) is 1. The Balaban J connectivity index is 1.88. The standard InChI is InChI=1S/C14H21NOS/c1-17(16)10-9-15-11-13-7-4-6-12-5-2-3-8-14(12)13/h2-3,5,8,13,15H,4,6-7,9-11H2,1H3. The van der Waals surface area contributed by atoms with Crippen molar-refractivity contribution in [3.05, 3.63) is 35.4 Å². The van der Waals surface area contributed by atoms with E-state index in [0.717, 1.165) is 18.8 Å². The predicted octanol–water partition coefficient (Wildman–Crippen LogP) is 2.07. The summed E-state index contributed by atoms with van der Waals surface area (Å²) in [4.78, 5) is 0. The summed E-state index contributed by atoms with van der Waals surface area (Å²) in [5.74, 6) is 1.40. The van der Waals surface area contributed by atoms with Crippen molar-refractivity contribution in [2.45, 2.75) is 25.2 Å². The van der Waals surface area contributed by atoms with Crippen molar-refractivity contribution in [3.63, 3.8) is 0 Å². The highest BCUT2D eigenvalue weighted by atomic mass is 32.2. The lowest BCUT2D eigenvalue weighted by atomic mass is 9.83. The van der Waals surface area contributed by atoms with Gasteiger partial charge in [0.15, 0.2) is 0 Å². The van der Waals surface area contributed by atoms with Gasteiger partial charge >= 0.3 is 0 Å². The van der Waals surface area contributed by atoms with E-state index in [2.05, 4.69) is 29.6 Å². The molecule has 3 heteroatoms. The highest BCUT2D eigenvalue weighted by molar-refractivity contribution is 7.84. The van der Waals surface area contributed by atoms with Crippen LogP contribution in [0.25, 0.3) is 0 Å². The number of fused-ring (bicyclic) bond motifs is 1. The Bertz CT molecular complexity index is 392. The van der Waals surface area contributed by atoms with Gasteiger partial charge in [0.2, 0.25) is 0 Å². The van der Waals surface area contributed by atoms with Crippen LogP contribution in [0.15, 0.2) is 24.3 Å². The SMILES string of the molecule is CS(=O)CCNCC1CCCc2ccccc21. The smallest absolute Gasteiger partial charge is 0.0357 e. The molecule has 1 aliphatic carbocycles. The summed E-state index contributed by atoms with van der Waals surface area (Å²) in [5, 5.41) is 3.43. The van der Waals surface area contributed by atoms with Gasteiger partial charge in [0.1, 0.15) is 0 Å². The highest BCUT2D eigenvalue weighted by Gasteiger charge is 2.18. The molecule has 0 heterocycles. The van der Waals surface area contributed by atoms with Crippen LogP contribution in [0.3, 0.4) is 0 Å². The summed E-state index contributed by atoms with van der Waals surface area (Å²) < 4.78 is 11.0. The summed E-state index contributed by atoms with van der Waals surface area (Å²) in [6.07, 6.45) is 5.56. The van der Waals surface area contributed by atoms with E-state index in [0.29, 0.717) is 5.92 Å². The molecular weight excluding hydrogens is 230 g/mol. The third kappa shape index (κ3) is 3.65. The molecule has 0 amide bonds. The monoisotopic (exact) mass is 251 g/mol. The van der Waals surface area contributed by atoms with Crippen LogP contribution in [-0.2, 0) is 17.2 Å². The molecule has 0 saturated heterocycles. The molecule has 1 aromatic carbocycles. The molecule has 2 rings (SSSR count). The zero-order valence-electron chi connectivity index (χ0n) is 10.4. The van der Waals surface area contributed by atoms with E-state index in [1.165, 1.54) is 30.4 Å². The van der Waals surface area contributed by atoms with Crippen LogP contribution in [0.2, 0.25) is 0 Å². The quantitative estimate of drug-likeness (QED) is 0.812. The van der Waals surface area contributed by atoms with E-state index in [1.807, 2.05) is 0 Å². The van der Waals surface area contributed by atoms with Gasteiger partial charge in [0.25, 0.3) is 0 Å². The van der Waals surface area contributed by atoms with Gasteiger partial charge in [0.05, 0.1) is 0 Å². The topological polar surface area (TPSA) is 29.1 Å². The average molecular weight is 251 g/mol. The minimum absolute atomic E-state index is 0.644. The molecule has 0 spiro atoms. The Labute approximate surface area is 106 Å². The minimum atomic E-state index is -0.680. The Morgan fingerprint density at radius 2 is 2.24 bits per heavy atom. The van der Waals surface area contributed by atoms with Gasteiger partial charge in [-0.25, -0.2) is 0 Å². The van der Waals surface area contributed by atoms with Gasteiger partial charge in [0, 0.05) is 35.9 Å². The van der Waals surface area contributed by atoms with Gasteiger partial charge < -0.3 is 5.32 Å². The van der Waals surface area contributed by atoms with Crippen molar-refractivity contribution in [2.24, 2.45) is 0 Å². The van der Waals surface area contributed by atoms with Crippen LogP contribution in [0.4, 0.5) is 0 Å². The van der Waals surface area contributed by atoms with E-state index >= 15 is 0 Å². The van der Waals surface area contributed by atoms with Gasteiger partial charge in [-0.2, -0.15) is 0 Å². The van der Waals surface area contributed by atoms with E-state index in [1.54, 1.807) is 6.26 Å². The minimum Gasteiger partial charge on any atom is -0.315 e. The molecule has 2 unspecified atom stereocenters. The van der Waals surface area contributed by atoms with Gasteiger partial charge in [-0.15, -0.1) is 0 Å². The largest absolute Gasteiger partial charge is 0.315 e. The molecule has 2 nitrogen and oxygen atoms in total. The van der Waals surface area contributed by atoms with Gasteiger partial charge in [-0.3, -0.25) is 4.21 Å². The van der Waals surface area contributed by atoms with E-state index in [-0.39, 0.29) is 0 Å². The number of aryl methyl sites for hydroxylation is 1. The van der Waals surface area contributed by atoms with Crippen LogP contribution >= 0.6 is 0 Å². The van der Waals surface area contributed by atoms with E-state index in [4.69, 9.17) is 0 Å². The fourth-order valence-electron chi connectivity index (χ4n) is 2.56. The zero-order chi connectivity index (χ0) is 12.1. The molecule has 0 radical (unpaired) electrons. The molecule has 1 aromatic rings. The van der Waals surface area contributed by atoms with Crippen LogP contribution in [0.1, 0.15) is 29.9 Å². The molecule has 0 aromatic heterocycles. The molecule has 0 fully saturated rings. The summed E-state index contributed by atoms with van der Waals surface area (Å²) in [7, 11) is -0.680. The number of benzene rings is 1. The van der Waals surface area contributed by atoms with Gasteiger partial charge in [-0.05, 0) is 36.3 Å². The Morgan fingerprint density at radius 3 is 3.06 bits per heavy atom. The number of nitrogens with one attached hydrogen (secondary N) is 1. The van der Waals surface area contributed by atoms with Crippen LogP contribution in [-0.4, -0.2) is 29.3 Å². The summed E-state index contributed by atoms with van der Waals surface area (Å²) in [6.45, 7) is 1.88. The summed E-state index contributed by atoms with van der Waals surface area (Å²) >= 11 is 0. The second-order valence-electron chi connectivity index (χ2n) is 4.77. The molecule has 1 aliphatic rings. The van der Waals surface area contributed by atoms with Gasteiger partial charge in [-0.1, -0.05) is 24.3 Å².